The summed E-state index contributed by atoms with van der Waals surface area (Å²) in [4.78, 5) is 17.8. The summed E-state index contributed by atoms with van der Waals surface area (Å²) < 4.78 is 10.9. The molecule has 2 heterocycles. The highest BCUT2D eigenvalue weighted by molar-refractivity contribution is 6.35. The zero-order valence-corrected chi connectivity index (χ0v) is 18.3. The van der Waals surface area contributed by atoms with E-state index in [-0.39, 0.29) is 11.3 Å². The Hall–Kier alpha value is -2.79. The second-order valence-corrected chi connectivity index (χ2v) is 8.88. The number of nitrogens with zero attached hydrogens (tertiary/aromatic N) is 2. The van der Waals surface area contributed by atoms with E-state index in [0.717, 1.165) is 35.7 Å². The maximum absolute atomic E-state index is 13.5. The molecule has 5 heteroatoms. The van der Waals surface area contributed by atoms with Gasteiger partial charge < -0.3 is 9.47 Å². The Morgan fingerprint density at radius 2 is 1.90 bits per heavy atom. The molecule has 5 nitrogen and oxygen atoms in total. The first-order valence-corrected chi connectivity index (χ1v) is 10.5. The van der Waals surface area contributed by atoms with Crippen LogP contribution in [0.5, 0.6) is 11.5 Å². The van der Waals surface area contributed by atoms with Crippen LogP contribution in [0.1, 0.15) is 37.8 Å². The van der Waals surface area contributed by atoms with Crippen molar-refractivity contribution in [3.8, 4) is 11.5 Å². The Kier molecular flexibility index (Phi) is 5.56. The van der Waals surface area contributed by atoms with E-state index in [1.807, 2.05) is 53.4 Å². The Morgan fingerprint density at radius 1 is 1.10 bits per heavy atom. The first-order chi connectivity index (χ1) is 14.4. The number of carbonyl (C=O) groups excluding carboxylic acids is 1. The van der Waals surface area contributed by atoms with E-state index in [0.29, 0.717) is 18.0 Å². The van der Waals surface area contributed by atoms with Crippen molar-refractivity contribution >= 4 is 23.2 Å². The van der Waals surface area contributed by atoms with Crippen LogP contribution in [-0.4, -0.2) is 44.8 Å². The quantitative estimate of drug-likeness (QED) is 0.677. The van der Waals surface area contributed by atoms with E-state index in [1.54, 1.807) is 14.2 Å². The van der Waals surface area contributed by atoms with Crippen molar-refractivity contribution in [2.45, 2.75) is 26.7 Å². The molecule has 0 N–H and O–H groups in total. The fraction of sp³-hybridized carbons (Fsp3) is 0.400. The third-order valence-electron chi connectivity index (χ3n) is 6.02. The third-order valence-corrected chi connectivity index (χ3v) is 6.02. The maximum atomic E-state index is 13.5. The van der Waals surface area contributed by atoms with Crippen molar-refractivity contribution in [1.82, 2.24) is 4.90 Å². The molecule has 0 aliphatic carbocycles. The molecule has 1 saturated heterocycles. The molecule has 0 radical (unpaired) electrons. The number of carbonyl (C=O) groups is 1. The summed E-state index contributed by atoms with van der Waals surface area (Å²) in [5.74, 6) is 1.48. The number of fused-ring (bicyclic) bond motifs is 1. The highest BCUT2D eigenvalue weighted by Gasteiger charge is 2.35. The van der Waals surface area contributed by atoms with E-state index in [4.69, 9.17) is 9.47 Å². The molecule has 0 unspecified atom stereocenters. The van der Waals surface area contributed by atoms with E-state index < -0.39 is 0 Å². The molecule has 30 heavy (non-hydrogen) atoms. The number of para-hydroxylation sites is 1. The van der Waals surface area contributed by atoms with Gasteiger partial charge >= 0.3 is 0 Å². The molecule has 2 aliphatic heterocycles. The number of likely N-dealkylation sites (tertiary alicyclic amines) is 1. The third kappa shape index (κ3) is 3.94. The van der Waals surface area contributed by atoms with Gasteiger partial charge in [-0.3, -0.25) is 14.6 Å². The van der Waals surface area contributed by atoms with Crippen LogP contribution in [0.4, 0.5) is 5.69 Å². The molecule has 0 bridgehead atoms. The normalized spacial score (nSPS) is 19.8. The molecule has 4 rings (SSSR count). The van der Waals surface area contributed by atoms with Crippen molar-refractivity contribution < 1.29 is 14.3 Å². The molecular formula is C25H30N2O3. The summed E-state index contributed by atoms with van der Waals surface area (Å²) in [5, 5.41) is 0. The minimum absolute atomic E-state index is 0.0319. The fourth-order valence-electron chi connectivity index (χ4n) is 4.56. The summed E-state index contributed by atoms with van der Waals surface area (Å²) in [6.07, 6.45) is 4.32. The number of anilines is 1. The first-order valence-electron chi connectivity index (χ1n) is 10.5. The second-order valence-electron chi connectivity index (χ2n) is 8.88. The van der Waals surface area contributed by atoms with Gasteiger partial charge in [-0.25, -0.2) is 0 Å². The van der Waals surface area contributed by atoms with Crippen LogP contribution < -0.4 is 14.4 Å². The average Bonchev–Trinajstić information content (AvgIpc) is 2.99. The van der Waals surface area contributed by atoms with Crippen LogP contribution in [-0.2, 0) is 4.79 Å². The highest BCUT2D eigenvalue weighted by atomic mass is 16.5. The minimum atomic E-state index is 0.0319. The lowest BCUT2D eigenvalue weighted by atomic mass is 9.84. The van der Waals surface area contributed by atoms with Crippen LogP contribution in [0.25, 0.3) is 11.6 Å². The summed E-state index contributed by atoms with van der Waals surface area (Å²) in [7, 11) is 3.27. The summed E-state index contributed by atoms with van der Waals surface area (Å²) in [5.41, 5.74) is 3.74. The molecule has 0 saturated carbocycles. The van der Waals surface area contributed by atoms with Crippen LogP contribution in [0.2, 0.25) is 0 Å². The van der Waals surface area contributed by atoms with Crippen molar-refractivity contribution in [1.29, 1.82) is 0 Å². The molecule has 0 spiro atoms. The zero-order valence-electron chi connectivity index (χ0n) is 18.3. The van der Waals surface area contributed by atoms with Gasteiger partial charge in [-0.2, -0.15) is 0 Å². The average molecular weight is 407 g/mol. The number of piperidine rings is 1. The SMILES string of the molecule is COc1ccc(OC)c(/C=C2\C(=O)N(CN3CCCC(C)(C)C3)c3ccccc32)c1. The lowest BCUT2D eigenvalue weighted by Crippen LogP contribution is -2.46. The molecule has 2 aliphatic rings. The number of ether oxygens (including phenoxy) is 2. The van der Waals surface area contributed by atoms with E-state index in [1.165, 1.54) is 12.8 Å². The maximum Gasteiger partial charge on any atom is 0.260 e. The Labute approximate surface area is 178 Å². The van der Waals surface area contributed by atoms with Crippen LogP contribution >= 0.6 is 0 Å². The van der Waals surface area contributed by atoms with Crippen molar-refractivity contribution in [2.24, 2.45) is 5.41 Å². The van der Waals surface area contributed by atoms with Gasteiger partial charge in [0.1, 0.15) is 11.5 Å². The van der Waals surface area contributed by atoms with Crippen molar-refractivity contribution in [3.63, 3.8) is 0 Å². The minimum Gasteiger partial charge on any atom is -0.497 e. The summed E-state index contributed by atoms with van der Waals surface area (Å²) >= 11 is 0. The highest BCUT2D eigenvalue weighted by Crippen LogP contribution is 2.40. The number of benzene rings is 2. The molecule has 2 aromatic carbocycles. The molecule has 1 amide bonds. The molecule has 158 valence electrons. The molecule has 1 fully saturated rings. The van der Waals surface area contributed by atoms with E-state index in [2.05, 4.69) is 18.7 Å². The van der Waals surface area contributed by atoms with E-state index in [9.17, 15) is 4.79 Å². The van der Waals surface area contributed by atoms with Crippen molar-refractivity contribution in [3.05, 3.63) is 53.6 Å². The first kappa shape index (κ1) is 20.5. The largest absolute Gasteiger partial charge is 0.497 e. The van der Waals surface area contributed by atoms with Gasteiger partial charge in [0.05, 0.1) is 26.6 Å². The lowest BCUT2D eigenvalue weighted by molar-refractivity contribution is -0.113. The van der Waals surface area contributed by atoms with Gasteiger partial charge in [0.2, 0.25) is 0 Å². The van der Waals surface area contributed by atoms with Gasteiger partial charge in [-0.05, 0) is 55.1 Å². The van der Waals surface area contributed by atoms with Gasteiger partial charge in [-0.1, -0.05) is 32.0 Å². The van der Waals surface area contributed by atoms with Crippen LogP contribution in [0.15, 0.2) is 42.5 Å². The topological polar surface area (TPSA) is 42.0 Å². The molecule has 0 aromatic heterocycles. The lowest BCUT2D eigenvalue weighted by Gasteiger charge is -2.39. The number of rotatable bonds is 5. The van der Waals surface area contributed by atoms with Crippen molar-refractivity contribution in [2.75, 3.05) is 38.9 Å². The van der Waals surface area contributed by atoms with Crippen LogP contribution in [0, 0.1) is 5.41 Å². The standard InChI is InChI=1S/C25H30N2O3/c1-25(2)12-7-13-26(16-25)17-27-22-9-6-5-8-20(22)21(24(27)28)15-18-14-19(29-3)10-11-23(18)30-4/h5-6,8-11,14-15H,7,12-13,16-17H2,1-4H3/b21-15-. The summed E-state index contributed by atoms with van der Waals surface area (Å²) in [6, 6.07) is 13.7. The molecule has 0 atom stereocenters. The Balaban J connectivity index is 1.70. The Morgan fingerprint density at radius 3 is 2.63 bits per heavy atom. The zero-order chi connectivity index (χ0) is 21.3. The van der Waals surface area contributed by atoms with Gasteiger partial charge in [0, 0.05) is 23.2 Å². The number of methoxy groups -OCH3 is 2. The van der Waals surface area contributed by atoms with E-state index >= 15 is 0 Å². The Bertz CT molecular complexity index is 980. The molecule has 2 aromatic rings. The monoisotopic (exact) mass is 406 g/mol. The van der Waals surface area contributed by atoms with Gasteiger partial charge in [0.15, 0.2) is 0 Å². The predicted octanol–water partition coefficient (Wildman–Crippen LogP) is 4.67. The number of amides is 1. The predicted molar refractivity (Wildman–Crippen MR) is 121 cm³/mol. The summed E-state index contributed by atoms with van der Waals surface area (Å²) in [6.45, 7) is 7.25. The number of hydrogen-bond acceptors (Lipinski definition) is 4. The van der Waals surface area contributed by atoms with Gasteiger partial charge in [-0.15, -0.1) is 0 Å². The fourth-order valence-corrected chi connectivity index (χ4v) is 4.56. The smallest absolute Gasteiger partial charge is 0.260 e. The number of hydrogen-bond donors (Lipinski definition) is 0. The molecular weight excluding hydrogens is 376 g/mol. The van der Waals surface area contributed by atoms with Crippen LogP contribution in [0.3, 0.4) is 0 Å². The second kappa shape index (κ2) is 8.15. The van der Waals surface area contributed by atoms with Gasteiger partial charge in [0.25, 0.3) is 5.91 Å².